The number of hydrogen-bond acceptors (Lipinski definition) is 5. The Bertz CT molecular complexity index is 418. The molecule has 124 valence electrons. The number of carbonyl (C=O) groups is 1. The average Bonchev–Trinajstić information content (AvgIpc) is 3.01. The molecule has 22 heavy (non-hydrogen) atoms. The predicted molar refractivity (Wildman–Crippen MR) is 91.1 cm³/mol. The second-order valence-corrected chi connectivity index (χ2v) is 6.28. The number of unbranched alkanes of at least 4 members (excludes halogenated alkanes) is 9. The van der Waals surface area contributed by atoms with Crippen LogP contribution < -0.4 is 4.74 Å². The van der Waals surface area contributed by atoms with E-state index in [1.807, 2.05) is 0 Å². The van der Waals surface area contributed by atoms with Gasteiger partial charge in [0, 0.05) is 5.57 Å². The molecule has 0 aliphatic rings. The van der Waals surface area contributed by atoms with Crippen LogP contribution in [-0.4, -0.2) is 15.6 Å². The van der Waals surface area contributed by atoms with Gasteiger partial charge in [0.1, 0.15) is 0 Å². The quantitative estimate of drug-likeness (QED) is 0.280. The Hall–Kier alpha value is -1.23. The molecule has 0 saturated heterocycles. The standard InChI is InChI=1S/C17H28N2O2S/c1-3-4-5-6-7-8-9-10-11-12-13-15(2)17(20)21-16-14-22-19-18-16/h14H,2-13H2,1H3. The molecule has 1 heterocycles. The second-order valence-electron chi connectivity index (χ2n) is 5.67. The molecule has 0 spiro atoms. The second kappa shape index (κ2) is 12.3. The van der Waals surface area contributed by atoms with E-state index < -0.39 is 0 Å². The molecule has 0 aliphatic heterocycles. The first-order chi connectivity index (χ1) is 10.7. The number of ether oxygens (including phenoxy) is 1. The smallest absolute Gasteiger partial charge is 0.340 e. The van der Waals surface area contributed by atoms with Gasteiger partial charge in [-0.25, -0.2) is 4.79 Å². The highest BCUT2D eigenvalue weighted by Crippen LogP contribution is 2.15. The summed E-state index contributed by atoms with van der Waals surface area (Å²) in [6.45, 7) is 6.04. The summed E-state index contributed by atoms with van der Waals surface area (Å²) in [6.07, 6.45) is 13.5. The number of aromatic nitrogens is 2. The third kappa shape index (κ3) is 8.93. The van der Waals surface area contributed by atoms with Crippen LogP contribution in [0, 0.1) is 0 Å². The monoisotopic (exact) mass is 324 g/mol. The Kier molecular flexibility index (Phi) is 10.5. The average molecular weight is 324 g/mol. The lowest BCUT2D eigenvalue weighted by atomic mass is 10.0. The van der Waals surface area contributed by atoms with Gasteiger partial charge in [0.25, 0.3) is 5.88 Å². The normalized spacial score (nSPS) is 10.6. The fourth-order valence-corrected chi connectivity index (χ4v) is 2.66. The third-order valence-corrected chi connectivity index (χ3v) is 4.14. The summed E-state index contributed by atoms with van der Waals surface area (Å²) in [4.78, 5) is 11.7. The summed E-state index contributed by atoms with van der Waals surface area (Å²) in [5, 5.41) is 5.28. The Morgan fingerprint density at radius 1 is 1.09 bits per heavy atom. The van der Waals surface area contributed by atoms with Crippen LogP contribution in [0.25, 0.3) is 0 Å². The van der Waals surface area contributed by atoms with Gasteiger partial charge in [-0.1, -0.05) is 80.9 Å². The van der Waals surface area contributed by atoms with E-state index in [1.165, 1.54) is 51.4 Å². The Balaban J connectivity index is 1.93. The van der Waals surface area contributed by atoms with Crippen molar-refractivity contribution in [2.24, 2.45) is 0 Å². The molecule has 1 aromatic rings. The fourth-order valence-electron chi connectivity index (χ4n) is 2.30. The molecule has 0 atom stereocenters. The van der Waals surface area contributed by atoms with E-state index in [4.69, 9.17) is 4.74 Å². The first kappa shape index (κ1) is 18.8. The van der Waals surface area contributed by atoms with Crippen LogP contribution in [-0.2, 0) is 4.79 Å². The van der Waals surface area contributed by atoms with Gasteiger partial charge in [-0.3, -0.25) is 0 Å². The van der Waals surface area contributed by atoms with E-state index in [1.54, 1.807) is 5.38 Å². The van der Waals surface area contributed by atoms with Crippen LogP contribution in [0.1, 0.15) is 77.6 Å². The highest BCUT2D eigenvalue weighted by atomic mass is 32.1. The Labute approximate surface area is 138 Å². The Morgan fingerprint density at radius 2 is 1.68 bits per heavy atom. The van der Waals surface area contributed by atoms with Gasteiger partial charge in [-0.05, 0) is 24.4 Å². The van der Waals surface area contributed by atoms with Crippen LogP contribution in [0.2, 0.25) is 0 Å². The van der Waals surface area contributed by atoms with Crippen molar-refractivity contribution in [2.75, 3.05) is 0 Å². The van der Waals surface area contributed by atoms with Crippen molar-refractivity contribution in [1.29, 1.82) is 0 Å². The van der Waals surface area contributed by atoms with Crippen molar-refractivity contribution < 1.29 is 9.53 Å². The molecule has 1 rings (SSSR count). The van der Waals surface area contributed by atoms with Crippen molar-refractivity contribution in [3.05, 3.63) is 17.5 Å². The molecule has 0 radical (unpaired) electrons. The van der Waals surface area contributed by atoms with Crippen molar-refractivity contribution in [1.82, 2.24) is 9.59 Å². The molecule has 4 nitrogen and oxygen atoms in total. The third-order valence-electron chi connectivity index (χ3n) is 3.66. The van der Waals surface area contributed by atoms with E-state index >= 15 is 0 Å². The zero-order chi connectivity index (χ0) is 16.0. The van der Waals surface area contributed by atoms with E-state index in [0.717, 1.165) is 24.4 Å². The number of esters is 1. The molecule has 0 bridgehead atoms. The van der Waals surface area contributed by atoms with E-state index in [0.29, 0.717) is 12.0 Å². The minimum Gasteiger partial charge on any atom is -0.401 e. The number of nitrogens with zero attached hydrogens (tertiary/aromatic N) is 2. The van der Waals surface area contributed by atoms with Crippen molar-refractivity contribution in [3.8, 4) is 5.88 Å². The summed E-state index contributed by atoms with van der Waals surface area (Å²) in [7, 11) is 0. The van der Waals surface area contributed by atoms with E-state index in [2.05, 4.69) is 23.1 Å². The summed E-state index contributed by atoms with van der Waals surface area (Å²) in [5.41, 5.74) is 0.521. The van der Waals surface area contributed by atoms with Crippen LogP contribution >= 0.6 is 11.5 Å². The van der Waals surface area contributed by atoms with Crippen molar-refractivity contribution >= 4 is 17.5 Å². The van der Waals surface area contributed by atoms with Gasteiger partial charge in [-0.2, -0.15) is 0 Å². The topological polar surface area (TPSA) is 52.1 Å². The minimum absolute atomic E-state index is 0.263. The van der Waals surface area contributed by atoms with Crippen LogP contribution in [0.4, 0.5) is 0 Å². The van der Waals surface area contributed by atoms with Crippen molar-refractivity contribution in [2.45, 2.75) is 77.6 Å². The largest absolute Gasteiger partial charge is 0.401 e. The highest BCUT2D eigenvalue weighted by molar-refractivity contribution is 7.03. The summed E-state index contributed by atoms with van der Waals surface area (Å²) in [5.74, 6) is -0.122. The molecule has 0 aliphatic carbocycles. The maximum atomic E-state index is 11.7. The first-order valence-electron chi connectivity index (χ1n) is 8.41. The lowest BCUT2D eigenvalue weighted by Crippen LogP contribution is -2.10. The maximum absolute atomic E-state index is 11.7. The maximum Gasteiger partial charge on any atom is 0.340 e. The molecule has 0 N–H and O–H groups in total. The van der Waals surface area contributed by atoms with Gasteiger partial charge in [0.15, 0.2) is 0 Å². The predicted octanol–water partition coefficient (Wildman–Crippen LogP) is 5.31. The van der Waals surface area contributed by atoms with Crippen molar-refractivity contribution in [3.63, 3.8) is 0 Å². The zero-order valence-electron chi connectivity index (χ0n) is 13.7. The zero-order valence-corrected chi connectivity index (χ0v) is 14.5. The van der Waals surface area contributed by atoms with E-state index in [9.17, 15) is 4.79 Å². The lowest BCUT2D eigenvalue weighted by Gasteiger charge is -2.05. The van der Waals surface area contributed by atoms with Crippen LogP contribution in [0.3, 0.4) is 0 Å². The lowest BCUT2D eigenvalue weighted by molar-refractivity contribution is -0.130. The molecule has 5 heteroatoms. The fraction of sp³-hybridized carbons (Fsp3) is 0.706. The summed E-state index contributed by atoms with van der Waals surface area (Å²) in [6, 6.07) is 0. The van der Waals surface area contributed by atoms with E-state index in [-0.39, 0.29) is 11.8 Å². The van der Waals surface area contributed by atoms with Gasteiger partial charge in [0.2, 0.25) is 0 Å². The molecule has 1 aromatic heterocycles. The molecule has 0 amide bonds. The first-order valence-corrected chi connectivity index (χ1v) is 9.24. The highest BCUT2D eigenvalue weighted by Gasteiger charge is 2.10. The number of rotatable bonds is 13. The molecule has 0 aromatic carbocycles. The molecule has 0 unspecified atom stereocenters. The van der Waals surface area contributed by atoms with Gasteiger partial charge >= 0.3 is 5.97 Å². The van der Waals surface area contributed by atoms with Gasteiger partial charge in [-0.15, -0.1) is 0 Å². The Morgan fingerprint density at radius 3 is 2.23 bits per heavy atom. The molecule has 0 saturated carbocycles. The molecule has 0 fully saturated rings. The number of carbonyl (C=O) groups excluding carboxylic acids is 1. The molecular weight excluding hydrogens is 296 g/mol. The van der Waals surface area contributed by atoms with Crippen LogP contribution in [0.15, 0.2) is 17.5 Å². The van der Waals surface area contributed by atoms with Crippen LogP contribution in [0.5, 0.6) is 5.88 Å². The molecular formula is C17H28N2O2S. The van der Waals surface area contributed by atoms with Gasteiger partial charge < -0.3 is 4.74 Å². The minimum atomic E-state index is -0.386. The van der Waals surface area contributed by atoms with Gasteiger partial charge in [0.05, 0.1) is 5.38 Å². The summed E-state index contributed by atoms with van der Waals surface area (Å²) >= 11 is 1.16. The SMILES string of the molecule is C=C(CCCCCCCCCCCC)C(=O)Oc1csnn1. The summed E-state index contributed by atoms with van der Waals surface area (Å²) < 4.78 is 8.70. The number of hydrogen-bond donors (Lipinski definition) is 0.